The number of thioether (sulfide) groups is 1. The molecule has 2 amide bonds. The smallest absolute Gasteiger partial charge is 0.416 e. The number of alkyl halides is 3. The monoisotopic (exact) mass is 714 g/mol. The minimum Gasteiger partial charge on any atom is -0.491 e. The van der Waals surface area contributed by atoms with Crippen molar-refractivity contribution in [3.05, 3.63) is 94.7 Å². The standard InChI is InChI=1S/C27H19Br2F3N2O6S/c1-14-3-4-15(2)22(9-14)39-8-7-33-25(35)23(41-26(33)36)12-16-10-18(28)24(19(29)11-16)40-21-6-5-17(27(30,31)32)13-20(21)34(37)38/h3-6,9-13H,7-8H2,1-2H3/b23-12-. The summed E-state index contributed by atoms with van der Waals surface area (Å²) >= 11 is 7.37. The summed E-state index contributed by atoms with van der Waals surface area (Å²) in [4.78, 5) is 37.2. The van der Waals surface area contributed by atoms with Gasteiger partial charge in [0.2, 0.25) is 5.75 Å². The fourth-order valence-corrected chi connectivity index (χ4v) is 6.00. The predicted molar refractivity (Wildman–Crippen MR) is 154 cm³/mol. The van der Waals surface area contributed by atoms with E-state index in [-0.39, 0.29) is 32.8 Å². The molecule has 1 heterocycles. The van der Waals surface area contributed by atoms with Gasteiger partial charge >= 0.3 is 11.9 Å². The number of carbonyl (C=O) groups excluding carboxylic acids is 2. The van der Waals surface area contributed by atoms with Gasteiger partial charge in [0.25, 0.3) is 11.1 Å². The SMILES string of the molecule is Cc1ccc(C)c(OCCN2C(=O)S/C(=C\c3cc(Br)c(Oc4ccc(C(F)(F)F)cc4[N+](=O)[O-])c(Br)c3)C2=O)c1. The summed E-state index contributed by atoms with van der Waals surface area (Å²) in [6.07, 6.45) is -3.27. The number of imide groups is 1. The molecular weight excluding hydrogens is 697 g/mol. The Balaban J connectivity index is 1.50. The number of hydrogen-bond donors (Lipinski definition) is 0. The van der Waals surface area contributed by atoms with E-state index in [9.17, 15) is 32.9 Å². The van der Waals surface area contributed by atoms with E-state index in [1.165, 1.54) is 18.2 Å². The third kappa shape index (κ3) is 7.11. The highest BCUT2D eigenvalue weighted by atomic mass is 79.9. The van der Waals surface area contributed by atoms with E-state index in [0.29, 0.717) is 23.4 Å². The van der Waals surface area contributed by atoms with Crippen LogP contribution in [0.3, 0.4) is 0 Å². The summed E-state index contributed by atoms with van der Waals surface area (Å²) < 4.78 is 51.0. The highest BCUT2D eigenvalue weighted by Gasteiger charge is 2.35. The normalized spacial score (nSPS) is 14.6. The molecule has 0 bridgehead atoms. The van der Waals surface area contributed by atoms with Gasteiger partial charge in [0.05, 0.1) is 30.9 Å². The van der Waals surface area contributed by atoms with E-state index in [1.807, 2.05) is 32.0 Å². The van der Waals surface area contributed by atoms with Crippen molar-refractivity contribution in [1.29, 1.82) is 0 Å². The van der Waals surface area contributed by atoms with Crippen LogP contribution in [0.15, 0.2) is 62.4 Å². The van der Waals surface area contributed by atoms with E-state index < -0.39 is 39.2 Å². The van der Waals surface area contributed by atoms with Crippen molar-refractivity contribution in [2.45, 2.75) is 20.0 Å². The van der Waals surface area contributed by atoms with E-state index in [1.54, 1.807) is 0 Å². The van der Waals surface area contributed by atoms with Gasteiger partial charge in [0.1, 0.15) is 12.4 Å². The Morgan fingerprint density at radius 3 is 2.34 bits per heavy atom. The largest absolute Gasteiger partial charge is 0.491 e. The molecule has 0 aromatic heterocycles. The summed E-state index contributed by atoms with van der Waals surface area (Å²) in [5.41, 5.74) is 0.385. The fraction of sp³-hybridized carbons (Fsp3) is 0.185. The molecule has 8 nitrogen and oxygen atoms in total. The maximum absolute atomic E-state index is 13.0. The minimum absolute atomic E-state index is 0.0570. The molecule has 1 aliphatic heterocycles. The summed E-state index contributed by atoms with van der Waals surface area (Å²) in [6.45, 7) is 4.01. The van der Waals surface area contributed by atoms with E-state index in [2.05, 4.69) is 31.9 Å². The van der Waals surface area contributed by atoms with E-state index in [0.717, 1.165) is 33.9 Å². The van der Waals surface area contributed by atoms with Crippen LogP contribution in [-0.2, 0) is 11.0 Å². The highest BCUT2D eigenvalue weighted by Crippen LogP contribution is 2.43. The van der Waals surface area contributed by atoms with Gasteiger partial charge in [0.15, 0.2) is 5.75 Å². The highest BCUT2D eigenvalue weighted by molar-refractivity contribution is 9.11. The molecule has 1 saturated heterocycles. The minimum atomic E-state index is -4.76. The van der Waals surface area contributed by atoms with Gasteiger partial charge in [0, 0.05) is 6.07 Å². The van der Waals surface area contributed by atoms with Crippen LogP contribution in [0.4, 0.5) is 23.7 Å². The summed E-state index contributed by atoms with van der Waals surface area (Å²) in [7, 11) is 0. The van der Waals surface area contributed by atoms with Crippen molar-refractivity contribution in [2.75, 3.05) is 13.2 Å². The first-order valence-electron chi connectivity index (χ1n) is 11.7. The molecule has 0 unspecified atom stereocenters. The molecule has 0 radical (unpaired) electrons. The predicted octanol–water partition coefficient (Wildman–Crippen LogP) is 8.66. The molecular formula is C27H19Br2F3N2O6S. The van der Waals surface area contributed by atoms with Gasteiger partial charge in [-0.3, -0.25) is 24.6 Å². The maximum atomic E-state index is 13.0. The molecule has 41 heavy (non-hydrogen) atoms. The number of carbonyl (C=O) groups is 2. The van der Waals surface area contributed by atoms with Crippen LogP contribution in [0, 0.1) is 24.0 Å². The zero-order chi connectivity index (χ0) is 30.1. The van der Waals surface area contributed by atoms with Gasteiger partial charge in [-0.1, -0.05) is 12.1 Å². The lowest BCUT2D eigenvalue weighted by atomic mass is 10.1. The lowest BCUT2D eigenvalue weighted by Gasteiger charge is -2.14. The van der Waals surface area contributed by atoms with Crippen molar-refractivity contribution in [2.24, 2.45) is 0 Å². The number of rotatable bonds is 8. The Hall–Kier alpha value is -3.36. The van der Waals surface area contributed by atoms with Crippen LogP contribution < -0.4 is 9.47 Å². The number of benzene rings is 3. The number of nitro groups is 1. The van der Waals surface area contributed by atoms with Gasteiger partial charge < -0.3 is 9.47 Å². The Morgan fingerprint density at radius 2 is 1.71 bits per heavy atom. The van der Waals surface area contributed by atoms with Gasteiger partial charge in [-0.15, -0.1) is 0 Å². The molecule has 0 aliphatic carbocycles. The Labute approximate surface area is 252 Å². The van der Waals surface area contributed by atoms with E-state index >= 15 is 0 Å². The lowest BCUT2D eigenvalue weighted by Crippen LogP contribution is -2.32. The topological polar surface area (TPSA) is 99.0 Å². The first-order chi connectivity index (χ1) is 19.2. The van der Waals surface area contributed by atoms with Crippen molar-refractivity contribution >= 4 is 66.5 Å². The van der Waals surface area contributed by atoms with Crippen molar-refractivity contribution < 1.29 is 37.2 Å². The molecule has 0 N–H and O–H groups in total. The van der Waals surface area contributed by atoms with Crippen molar-refractivity contribution in [3.63, 3.8) is 0 Å². The summed E-state index contributed by atoms with van der Waals surface area (Å²) in [5, 5.41) is 11.0. The second-order valence-electron chi connectivity index (χ2n) is 8.80. The zero-order valence-corrected chi connectivity index (χ0v) is 25.2. The second-order valence-corrected chi connectivity index (χ2v) is 11.5. The summed E-state index contributed by atoms with van der Waals surface area (Å²) in [6, 6.07) is 10.8. The average molecular weight is 716 g/mol. The quantitative estimate of drug-likeness (QED) is 0.131. The molecule has 3 aromatic carbocycles. The van der Waals surface area contributed by atoms with Crippen LogP contribution in [0.25, 0.3) is 6.08 Å². The number of nitro benzene ring substituents is 1. The first kappa shape index (κ1) is 30.6. The number of nitrogens with zero attached hydrogens (tertiary/aromatic N) is 2. The van der Waals surface area contributed by atoms with Crippen LogP contribution in [0.5, 0.6) is 17.2 Å². The molecule has 1 aliphatic rings. The maximum Gasteiger partial charge on any atom is 0.416 e. The molecule has 14 heteroatoms. The molecule has 0 saturated carbocycles. The number of hydrogen-bond acceptors (Lipinski definition) is 7. The zero-order valence-electron chi connectivity index (χ0n) is 21.3. The molecule has 3 aromatic rings. The van der Waals surface area contributed by atoms with Gasteiger partial charge in [-0.05, 0) is 111 Å². The number of amides is 2. The van der Waals surface area contributed by atoms with Crippen molar-refractivity contribution in [3.8, 4) is 17.2 Å². The molecule has 1 fully saturated rings. The third-order valence-electron chi connectivity index (χ3n) is 5.80. The lowest BCUT2D eigenvalue weighted by molar-refractivity contribution is -0.385. The number of ether oxygens (including phenoxy) is 2. The Kier molecular flexibility index (Phi) is 9.14. The Morgan fingerprint density at radius 1 is 1.02 bits per heavy atom. The first-order valence-corrected chi connectivity index (χ1v) is 14.1. The van der Waals surface area contributed by atoms with Crippen LogP contribution in [0.2, 0.25) is 0 Å². The molecule has 214 valence electrons. The molecule has 4 rings (SSSR count). The van der Waals surface area contributed by atoms with Crippen molar-refractivity contribution in [1.82, 2.24) is 4.90 Å². The Bertz CT molecular complexity index is 1570. The number of aryl methyl sites for hydroxylation is 2. The van der Waals surface area contributed by atoms with Crippen LogP contribution in [0.1, 0.15) is 22.3 Å². The second kappa shape index (κ2) is 12.2. The van der Waals surface area contributed by atoms with Gasteiger partial charge in [-0.2, -0.15) is 13.2 Å². The van der Waals surface area contributed by atoms with Crippen LogP contribution in [-0.4, -0.2) is 34.1 Å². The molecule has 0 spiro atoms. The average Bonchev–Trinajstić information content (AvgIpc) is 3.14. The van der Waals surface area contributed by atoms with E-state index in [4.69, 9.17) is 9.47 Å². The van der Waals surface area contributed by atoms with Gasteiger partial charge in [-0.25, -0.2) is 0 Å². The molecule has 0 atom stereocenters. The fourth-order valence-electron chi connectivity index (χ4n) is 3.75. The number of halogens is 5. The van der Waals surface area contributed by atoms with Crippen LogP contribution >= 0.6 is 43.6 Å². The third-order valence-corrected chi connectivity index (χ3v) is 7.89. The summed E-state index contributed by atoms with van der Waals surface area (Å²) in [5.74, 6) is -0.160.